The molecule has 0 fully saturated rings. The molecule has 19 heavy (non-hydrogen) atoms. The minimum atomic E-state index is -0.194. The van der Waals surface area contributed by atoms with E-state index in [2.05, 4.69) is 25.7 Å². The van der Waals surface area contributed by atoms with Gasteiger partial charge in [0.15, 0.2) is 5.76 Å². The highest BCUT2D eigenvalue weighted by Gasteiger charge is 2.21. The van der Waals surface area contributed by atoms with Gasteiger partial charge in [0.25, 0.3) is 5.91 Å². The number of amides is 1. The van der Waals surface area contributed by atoms with E-state index in [-0.39, 0.29) is 12.5 Å². The third kappa shape index (κ3) is 4.24. The zero-order chi connectivity index (χ0) is 14.4. The van der Waals surface area contributed by atoms with Crippen molar-refractivity contribution < 1.29 is 9.53 Å². The summed E-state index contributed by atoms with van der Waals surface area (Å²) in [6.45, 7) is 11.0. The summed E-state index contributed by atoms with van der Waals surface area (Å²) in [5.74, 6) is 1.30. The van der Waals surface area contributed by atoms with Gasteiger partial charge < -0.3 is 15.8 Å². The van der Waals surface area contributed by atoms with Crippen molar-refractivity contribution in [2.75, 3.05) is 13.1 Å². The summed E-state index contributed by atoms with van der Waals surface area (Å²) >= 11 is 0. The molecule has 1 heterocycles. The summed E-state index contributed by atoms with van der Waals surface area (Å²) in [4.78, 5) is 12.1. The van der Waals surface area contributed by atoms with Crippen molar-refractivity contribution in [2.24, 2.45) is 11.7 Å². The van der Waals surface area contributed by atoms with E-state index in [1.165, 1.54) is 0 Å². The second kappa shape index (κ2) is 7.14. The number of carbonyl (C=O) groups is 1. The first-order valence-corrected chi connectivity index (χ1v) is 6.76. The van der Waals surface area contributed by atoms with Gasteiger partial charge in [-0.25, -0.2) is 0 Å². The van der Waals surface area contributed by atoms with E-state index in [1.807, 2.05) is 6.92 Å². The van der Waals surface area contributed by atoms with Gasteiger partial charge in [0.1, 0.15) is 5.76 Å². The Hall–Kier alpha value is -1.55. The maximum Gasteiger partial charge on any atom is 0.287 e. The number of allylic oxidation sites excluding steroid dienone is 3. The first kappa shape index (κ1) is 15.5. The van der Waals surface area contributed by atoms with Gasteiger partial charge in [-0.15, -0.1) is 0 Å². The molecule has 0 spiro atoms. The molecule has 3 N–H and O–H groups in total. The molecule has 0 saturated carbocycles. The maximum absolute atomic E-state index is 12.1. The SMILES string of the molecule is C=C1C=C(CN)OC(C(=O)NCCC(C)CC)=C1C. The molecule has 0 aliphatic carbocycles. The summed E-state index contributed by atoms with van der Waals surface area (Å²) < 4.78 is 5.51. The summed E-state index contributed by atoms with van der Waals surface area (Å²) in [6.07, 6.45) is 3.85. The first-order valence-electron chi connectivity index (χ1n) is 6.76. The third-order valence-electron chi connectivity index (χ3n) is 3.42. The molecular weight excluding hydrogens is 240 g/mol. The van der Waals surface area contributed by atoms with Crippen LogP contribution in [-0.4, -0.2) is 19.0 Å². The monoisotopic (exact) mass is 264 g/mol. The lowest BCUT2D eigenvalue weighted by molar-refractivity contribution is -0.120. The molecule has 0 aromatic carbocycles. The van der Waals surface area contributed by atoms with Crippen LogP contribution in [0.4, 0.5) is 0 Å². The van der Waals surface area contributed by atoms with Crippen molar-refractivity contribution in [3.05, 3.63) is 35.3 Å². The van der Waals surface area contributed by atoms with E-state index in [9.17, 15) is 4.79 Å². The normalized spacial score (nSPS) is 16.8. The smallest absolute Gasteiger partial charge is 0.287 e. The number of nitrogens with two attached hydrogens (primary N) is 1. The molecule has 1 aliphatic heterocycles. The van der Waals surface area contributed by atoms with Crippen molar-refractivity contribution in [3.8, 4) is 0 Å². The third-order valence-corrected chi connectivity index (χ3v) is 3.42. The van der Waals surface area contributed by atoms with Gasteiger partial charge in [0.05, 0.1) is 6.54 Å². The fourth-order valence-corrected chi connectivity index (χ4v) is 1.72. The number of hydrogen-bond acceptors (Lipinski definition) is 3. The van der Waals surface area contributed by atoms with Crippen LogP contribution < -0.4 is 11.1 Å². The van der Waals surface area contributed by atoms with E-state index in [0.29, 0.717) is 24.0 Å². The van der Waals surface area contributed by atoms with Crippen LogP contribution in [0.25, 0.3) is 0 Å². The molecule has 0 saturated heterocycles. The van der Waals surface area contributed by atoms with E-state index >= 15 is 0 Å². The minimum absolute atomic E-state index is 0.194. The lowest BCUT2D eigenvalue weighted by Crippen LogP contribution is -2.30. The molecule has 0 aromatic heterocycles. The van der Waals surface area contributed by atoms with Crippen LogP contribution in [0.2, 0.25) is 0 Å². The lowest BCUT2D eigenvalue weighted by Gasteiger charge is -2.20. The molecule has 1 atom stereocenters. The van der Waals surface area contributed by atoms with Crippen molar-refractivity contribution >= 4 is 5.91 Å². The molecule has 1 amide bonds. The Kier molecular flexibility index (Phi) is 5.83. The number of ether oxygens (including phenoxy) is 1. The highest BCUT2D eigenvalue weighted by Crippen LogP contribution is 2.24. The van der Waals surface area contributed by atoms with E-state index in [0.717, 1.165) is 24.0 Å². The lowest BCUT2D eigenvalue weighted by atomic mass is 10.0. The van der Waals surface area contributed by atoms with E-state index in [4.69, 9.17) is 10.5 Å². The quantitative estimate of drug-likeness (QED) is 0.773. The van der Waals surface area contributed by atoms with E-state index in [1.54, 1.807) is 6.08 Å². The molecule has 0 aromatic rings. The van der Waals surface area contributed by atoms with Gasteiger partial charge in [0, 0.05) is 12.1 Å². The average Bonchev–Trinajstić information content (AvgIpc) is 2.41. The Morgan fingerprint density at radius 3 is 2.84 bits per heavy atom. The van der Waals surface area contributed by atoms with Crippen LogP contribution in [0.3, 0.4) is 0 Å². The molecule has 106 valence electrons. The summed E-state index contributed by atoms with van der Waals surface area (Å²) in [5.41, 5.74) is 7.08. The second-order valence-corrected chi connectivity index (χ2v) is 4.95. The molecule has 1 rings (SSSR count). The van der Waals surface area contributed by atoms with Crippen LogP contribution in [-0.2, 0) is 9.53 Å². The van der Waals surface area contributed by atoms with E-state index < -0.39 is 0 Å². The molecule has 4 nitrogen and oxygen atoms in total. The molecule has 1 aliphatic rings. The highest BCUT2D eigenvalue weighted by molar-refractivity contribution is 5.93. The molecule has 4 heteroatoms. The van der Waals surface area contributed by atoms with Crippen LogP contribution in [0, 0.1) is 5.92 Å². The first-order chi connectivity index (χ1) is 8.99. The Bertz CT molecular complexity index is 422. The minimum Gasteiger partial charge on any atom is -0.454 e. The van der Waals surface area contributed by atoms with Crippen LogP contribution >= 0.6 is 0 Å². The van der Waals surface area contributed by atoms with Gasteiger partial charge >= 0.3 is 0 Å². The topological polar surface area (TPSA) is 64.3 Å². The molecule has 0 radical (unpaired) electrons. The van der Waals surface area contributed by atoms with Gasteiger partial charge in [-0.05, 0) is 30.9 Å². The molecule has 0 bridgehead atoms. The summed E-state index contributed by atoms with van der Waals surface area (Å²) in [7, 11) is 0. The Balaban J connectivity index is 2.61. The number of carbonyl (C=O) groups excluding carboxylic acids is 1. The zero-order valence-electron chi connectivity index (χ0n) is 12.1. The van der Waals surface area contributed by atoms with Crippen molar-refractivity contribution in [2.45, 2.75) is 33.6 Å². The average molecular weight is 264 g/mol. The zero-order valence-corrected chi connectivity index (χ0v) is 12.1. The van der Waals surface area contributed by atoms with Gasteiger partial charge in [-0.2, -0.15) is 0 Å². The largest absolute Gasteiger partial charge is 0.454 e. The predicted molar refractivity (Wildman–Crippen MR) is 77.1 cm³/mol. The Labute approximate surface area is 115 Å². The second-order valence-electron chi connectivity index (χ2n) is 4.95. The highest BCUT2D eigenvalue weighted by atomic mass is 16.5. The van der Waals surface area contributed by atoms with Crippen molar-refractivity contribution in [1.29, 1.82) is 0 Å². The van der Waals surface area contributed by atoms with Gasteiger partial charge in [-0.3, -0.25) is 4.79 Å². The predicted octanol–water partition coefficient (Wildman–Crippen LogP) is 2.24. The number of rotatable bonds is 6. The summed E-state index contributed by atoms with van der Waals surface area (Å²) in [6, 6.07) is 0. The Morgan fingerprint density at radius 2 is 2.26 bits per heavy atom. The van der Waals surface area contributed by atoms with Crippen molar-refractivity contribution in [1.82, 2.24) is 5.32 Å². The fourth-order valence-electron chi connectivity index (χ4n) is 1.72. The summed E-state index contributed by atoms with van der Waals surface area (Å²) in [5, 5.41) is 2.88. The van der Waals surface area contributed by atoms with Crippen LogP contribution in [0.15, 0.2) is 35.3 Å². The number of nitrogens with one attached hydrogen (secondary N) is 1. The van der Waals surface area contributed by atoms with Crippen molar-refractivity contribution in [3.63, 3.8) is 0 Å². The standard InChI is InChI=1S/C15H24N2O2/c1-5-10(2)6-7-17-15(18)14-12(4)11(3)8-13(9-16)19-14/h8,10H,3,5-7,9,16H2,1-2,4H3,(H,17,18). The maximum atomic E-state index is 12.1. The van der Waals surface area contributed by atoms with Gasteiger partial charge in [0.2, 0.25) is 0 Å². The molecular formula is C15H24N2O2. The van der Waals surface area contributed by atoms with Crippen LogP contribution in [0.1, 0.15) is 33.6 Å². The molecule has 1 unspecified atom stereocenters. The van der Waals surface area contributed by atoms with Crippen LogP contribution in [0.5, 0.6) is 0 Å². The van der Waals surface area contributed by atoms with Gasteiger partial charge in [-0.1, -0.05) is 26.8 Å². The Morgan fingerprint density at radius 1 is 1.58 bits per heavy atom. The number of hydrogen-bond donors (Lipinski definition) is 2. The fraction of sp³-hybridized carbons (Fsp3) is 0.533.